The third-order valence-corrected chi connectivity index (χ3v) is 13.3. The molecule has 6 aliphatic rings. The van der Waals surface area contributed by atoms with Crippen LogP contribution in [0.4, 0.5) is 0 Å². The fourth-order valence-electron chi connectivity index (χ4n) is 12.4. The molecule has 1 aromatic rings. The third kappa shape index (κ3) is 3.87. The van der Waals surface area contributed by atoms with Crippen LogP contribution in [0.2, 0.25) is 0 Å². The molecule has 6 fully saturated rings. The van der Waals surface area contributed by atoms with E-state index in [9.17, 15) is 14.7 Å². The number of nitrogens with zero attached hydrogens (tertiary/aromatic N) is 1. The highest BCUT2D eigenvalue weighted by molar-refractivity contribution is 5.89. The van der Waals surface area contributed by atoms with Gasteiger partial charge >= 0.3 is 11.9 Å². The molecule has 5 aliphatic carbocycles. The first-order chi connectivity index (χ1) is 22.1. The maximum absolute atomic E-state index is 13.9. The van der Waals surface area contributed by atoms with Crippen LogP contribution in [0.5, 0.6) is 5.75 Å². The number of methoxy groups -OCH3 is 5. The summed E-state index contributed by atoms with van der Waals surface area (Å²) in [5.41, 5.74) is -3.03. The molecule has 1 aromatic carbocycles. The van der Waals surface area contributed by atoms with E-state index < -0.39 is 46.7 Å². The number of piperidine rings is 1. The Morgan fingerprint density at radius 3 is 2.28 bits per heavy atom. The number of hydrogen-bond acceptors (Lipinski definition) is 11. The van der Waals surface area contributed by atoms with Crippen molar-refractivity contribution in [3.63, 3.8) is 0 Å². The Bertz CT molecular complexity index is 1360. The van der Waals surface area contributed by atoms with Crippen molar-refractivity contribution < 1.29 is 47.9 Å². The molecule has 0 unspecified atom stereocenters. The van der Waals surface area contributed by atoms with Gasteiger partial charge in [-0.3, -0.25) is 9.69 Å². The predicted molar refractivity (Wildman–Crippen MR) is 164 cm³/mol. The lowest BCUT2D eigenvalue weighted by molar-refractivity contribution is -0.287. The zero-order chi connectivity index (χ0) is 32.8. The van der Waals surface area contributed by atoms with E-state index in [1.54, 1.807) is 59.8 Å². The molecule has 5 saturated carbocycles. The number of hydrogen-bond donors (Lipinski definition) is 1. The molecular formula is C35H49NO10. The van der Waals surface area contributed by atoms with Gasteiger partial charge in [0.25, 0.3) is 0 Å². The van der Waals surface area contributed by atoms with Crippen molar-refractivity contribution in [3.05, 3.63) is 29.8 Å². The van der Waals surface area contributed by atoms with E-state index in [2.05, 4.69) is 11.8 Å². The van der Waals surface area contributed by atoms with Crippen molar-refractivity contribution in [2.45, 2.75) is 81.2 Å². The quantitative estimate of drug-likeness (QED) is 0.379. The number of ether oxygens (including phenoxy) is 7. The molecule has 1 aliphatic heterocycles. The van der Waals surface area contributed by atoms with E-state index in [0.29, 0.717) is 24.3 Å². The topological polar surface area (TPSA) is 122 Å². The fraction of sp³-hybridized carbons (Fsp3) is 0.771. The summed E-state index contributed by atoms with van der Waals surface area (Å²) < 4.78 is 43.6. The van der Waals surface area contributed by atoms with Crippen LogP contribution in [-0.4, -0.2) is 119 Å². The Kier molecular flexibility index (Phi) is 7.81. The number of benzene rings is 1. The van der Waals surface area contributed by atoms with Crippen molar-refractivity contribution >= 4 is 11.9 Å². The van der Waals surface area contributed by atoms with Crippen LogP contribution < -0.4 is 4.74 Å². The van der Waals surface area contributed by atoms with Gasteiger partial charge in [-0.05, 0) is 56.0 Å². The van der Waals surface area contributed by atoms with E-state index in [1.807, 2.05) is 0 Å². The summed E-state index contributed by atoms with van der Waals surface area (Å²) in [7, 11) is 8.44. The molecule has 1 heterocycles. The minimum Gasteiger partial charge on any atom is -0.497 e. The number of carbonyl (C=O) groups excluding carboxylic acids is 2. The maximum atomic E-state index is 13.9. The van der Waals surface area contributed by atoms with Gasteiger partial charge in [-0.25, -0.2) is 4.79 Å². The van der Waals surface area contributed by atoms with E-state index >= 15 is 0 Å². The average Bonchev–Trinajstić information content (AvgIpc) is 3.42. The summed E-state index contributed by atoms with van der Waals surface area (Å²) in [6.07, 6.45) is 0.142. The molecule has 7 bridgehead atoms. The van der Waals surface area contributed by atoms with Crippen LogP contribution in [-0.2, 0) is 33.2 Å². The lowest BCUT2D eigenvalue weighted by Crippen LogP contribution is -2.77. The highest BCUT2D eigenvalue weighted by atomic mass is 16.6. The summed E-state index contributed by atoms with van der Waals surface area (Å²) in [6, 6.07) is 6.66. The largest absolute Gasteiger partial charge is 0.497 e. The molecule has 0 radical (unpaired) electrons. The van der Waals surface area contributed by atoms with Crippen LogP contribution in [0.3, 0.4) is 0 Å². The van der Waals surface area contributed by atoms with E-state index in [4.69, 9.17) is 33.2 Å². The van der Waals surface area contributed by atoms with Crippen molar-refractivity contribution in [3.8, 4) is 5.75 Å². The molecule has 1 N–H and O–H groups in total. The number of carbonyl (C=O) groups is 2. The van der Waals surface area contributed by atoms with Gasteiger partial charge in [0.2, 0.25) is 0 Å². The molecule has 11 nitrogen and oxygen atoms in total. The molecule has 1 spiro atoms. The van der Waals surface area contributed by atoms with Crippen LogP contribution in [0, 0.1) is 34.5 Å². The Labute approximate surface area is 271 Å². The SMILES string of the molecule is CCN1C[C@@]2(COC)CC[C@@H](OC)[C@@]34[C@@H]1[C@H]([C@H](OC)[C@H]23)[C@@]1(OC(C)=O)C[C@@H](OC)[C@]2(O)C[C@H]4[C@H]1[C@@H]2OC(=O)c1ccc(OC)cc1. The highest BCUT2D eigenvalue weighted by Crippen LogP contribution is 2.80. The van der Waals surface area contributed by atoms with Crippen LogP contribution in [0.25, 0.3) is 0 Å². The lowest BCUT2D eigenvalue weighted by Gasteiger charge is -2.69. The minimum atomic E-state index is -1.51. The molecule has 13 atom stereocenters. The average molecular weight is 644 g/mol. The van der Waals surface area contributed by atoms with Gasteiger partial charge in [0.1, 0.15) is 23.1 Å². The van der Waals surface area contributed by atoms with Crippen molar-refractivity contribution in [2.24, 2.45) is 34.5 Å². The standard InChI is InChI=1S/C35H49NO10/c1-8-36-17-32(18-40-3)14-13-23(42-5)35-22-15-33(39)24(43-6)16-34(46-19(2)37,26(29(35)36)27(44-7)28(32)35)25(22)30(33)45-31(38)20-9-11-21(41-4)12-10-20/h9-12,22-30,39H,8,13-18H2,1-7H3/t22-,23+,24+,25-,26-,27-,28+,29-,30-,32+,33+,34+,35+/m0/s1. The maximum Gasteiger partial charge on any atom is 0.338 e. The molecule has 7 rings (SSSR count). The molecule has 11 heteroatoms. The molecule has 0 aromatic heterocycles. The van der Waals surface area contributed by atoms with Gasteiger partial charge in [-0.2, -0.15) is 0 Å². The zero-order valence-electron chi connectivity index (χ0n) is 28.0. The third-order valence-electron chi connectivity index (χ3n) is 13.3. The Morgan fingerprint density at radius 1 is 0.978 bits per heavy atom. The van der Waals surface area contributed by atoms with Gasteiger partial charge in [-0.15, -0.1) is 0 Å². The fourth-order valence-corrected chi connectivity index (χ4v) is 12.4. The monoisotopic (exact) mass is 643 g/mol. The van der Waals surface area contributed by atoms with Crippen LogP contribution in [0.15, 0.2) is 24.3 Å². The second kappa shape index (κ2) is 11.1. The summed E-state index contributed by atoms with van der Waals surface area (Å²) in [6.45, 7) is 5.80. The number of esters is 2. The number of likely N-dealkylation sites (tertiary alicyclic amines) is 1. The second-order valence-corrected chi connectivity index (χ2v) is 14.6. The number of fused-ring (bicyclic) bond motifs is 2. The van der Waals surface area contributed by atoms with E-state index in [0.717, 1.165) is 25.9 Å². The molecule has 254 valence electrons. The van der Waals surface area contributed by atoms with E-state index in [-0.39, 0.29) is 47.8 Å². The molecule has 46 heavy (non-hydrogen) atoms. The van der Waals surface area contributed by atoms with Crippen LogP contribution in [0.1, 0.15) is 49.9 Å². The Balaban J connectivity index is 1.46. The smallest absolute Gasteiger partial charge is 0.338 e. The summed E-state index contributed by atoms with van der Waals surface area (Å²) in [5, 5.41) is 12.8. The second-order valence-electron chi connectivity index (χ2n) is 14.6. The lowest BCUT2D eigenvalue weighted by atomic mass is 9.43. The molecule has 0 amide bonds. The number of aliphatic hydroxyl groups is 1. The van der Waals surface area contributed by atoms with Crippen molar-refractivity contribution in [1.29, 1.82) is 0 Å². The van der Waals surface area contributed by atoms with Crippen molar-refractivity contribution in [1.82, 2.24) is 4.90 Å². The van der Waals surface area contributed by atoms with Gasteiger partial charge in [0.15, 0.2) is 0 Å². The van der Waals surface area contributed by atoms with E-state index in [1.165, 1.54) is 6.92 Å². The highest BCUT2D eigenvalue weighted by Gasteiger charge is 2.89. The van der Waals surface area contributed by atoms with Gasteiger partial charge in [0.05, 0.1) is 37.6 Å². The first-order valence-corrected chi connectivity index (χ1v) is 16.6. The van der Waals surface area contributed by atoms with Crippen LogP contribution >= 0.6 is 0 Å². The Morgan fingerprint density at radius 2 is 1.70 bits per heavy atom. The minimum absolute atomic E-state index is 0.00534. The first kappa shape index (κ1) is 32.3. The summed E-state index contributed by atoms with van der Waals surface area (Å²) in [5.74, 6) is -1.38. The Hall–Kier alpha value is -2.28. The van der Waals surface area contributed by atoms with Gasteiger partial charge < -0.3 is 38.3 Å². The predicted octanol–water partition coefficient (Wildman–Crippen LogP) is 2.72. The first-order valence-electron chi connectivity index (χ1n) is 16.6. The number of rotatable bonds is 10. The zero-order valence-corrected chi connectivity index (χ0v) is 28.0. The summed E-state index contributed by atoms with van der Waals surface area (Å²) in [4.78, 5) is 29.7. The van der Waals surface area contributed by atoms with Crippen molar-refractivity contribution in [2.75, 3.05) is 55.2 Å². The van der Waals surface area contributed by atoms with Gasteiger partial charge in [0, 0.05) is 83.0 Å². The summed E-state index contributed by atoms with van der Waals surface area (Å²) >= 11 is 0. The molecule has 1 saturated heterocycles. The van der Waals surface area contributed by atoms with Gasteiger partial charge in [-0.1, -0.05) is 6.92 Å². The molecular weight excluding hydrogens is 594 g/mol. The normalized spacial score (nSPS) is 46.6.